The van der Waals surface area contributed by atoms with E-state index in [2.05, 4.69) is 10.5 Å². The van der Waals surface area contributed by atoms with Crippen molar-refractivity contribution in [2.75, 3.05) is 7.11 Å². The smallest absolute Gasteiger partial charge is 0.252 e. The Morgan fingerprint density at radius 3 is 2.11 bits per heavy atom. The molecule has 0 saturated carbocycles. The van der Waals surface area contributed by atoms with E-state index in [0.717, 1.165) is 16.7 Å². The van der Waals surface area contributed by atoms with Gasteiger partial charge in [0.05, 0.1) is 24.3 Å². The lowest BCUT2D eigenvalue weighted by atomic mass is 9.91. The van der Waals surface area contributed by atoms with Gasteiger partial charge in [-0.1, -0.05) is 96.0 Å². The molecule has 4 aromatic carbocycles. The minimum Gasteiger partial charge on any atom is -0.493 e. The molecule has 36 heavy (non-hydrogen) atoms. The second-order valence-electron chi connectivity index (χ2n) is 7.94. The molecule has 1 N–H and O–H groups in total. The van der Waals surface area contributed by atoms with Gasteiger partial charge in [0, 0.05) is 5.02 Å². The summed E-state index contributed by atoms with van der Waals surface area (Å²) >= 11 is 12.4. The SMILES string of the molecule is COc1cc(/C=N\NC(=O)C(c2ccccc2)c2ccccc2)cc(Cl)c1OCc1ccc(Cl)cc1. The Balaban J connectivity index is 1.48. The fourth-order valence-electron chi connectivity index (χ4n) is 3.71. The molecule has 4 aromatic rings. The maximum atomic E-state index is 13.1. The van der Waals surface area contributed by atoms with Crippen molar-refractivity contribution >= 4 is 35.3 Å². The number of carbonyl (C=O) groups excluding carboxylic acids is 1. The van der Waals surface area contributed by atoms with Gasteiger partial charge in [0.15, 0.2) is 11.5 Å². The number of methoxy groups -OCH3 is 1. The topological polar surface area (TPSA) is 59.9 Å². The van der Waals surface area contributed by atoms with Gasteiger partial charge in [-0.15, -0.1) is 0 Å². The minimum absolute atomic E-state index is 0.246. The lowest BCUT2D eigenvalue weighted by molar-refractivity contribution is -0.121. The van der Waals surface area contributed by atoms with Crippen LogP contribution in [0.25, 0.3) is 0 Å². The summed E-state index contributed by atoms with van der Waals surface area (Å²) in [5.74, 6) is 0.134. The quantitative estimate of drug-likeness (QED) is 0.194. The molecule has 5 nitrogen and oxygen atoms in total. The van der Waals surface area contributed by atoms with Crippen LogP contribution in [-0.4, -0.2) is 19.2 Å². The van der Waals surface area contributed by atoms with Crippen LogP contribution in [0.5, 0.6) is 11.5 Å². The molecule has 182 valence electrons. The molecule has 4 rings (SSSR count). The van der Waals surface area contributed by atoms with Gasteiger partial charge in [0.1, 0.15) is 6.61 Å². The van der Waals surface area contributed by atoms with Crippen molar-refractivity contribution in [3.8, 4) is 11.5 Å². The highest BCUT2D eigenvalue weighted by molar-refractivity contribution is 6.32. The summed E-state index contributed by atoms with van der Waals surface area (Å²) in [4.78, 5) is 13.1. The van der Waals surface area contributed by atoms with Gasteiger partial charge < -0.3 is 9.47 Å². The average Bonchev–Trinajstić information content (AvgIpc) is 2.90. The highest BCUT2D eigenvalue weighted by Gasteiger charge is 2.22. The molecule has 0 aliphatic rings. The largest absolute Gasteiger partial charge is 0.493 e. The van der Waals surface area contributed by atoms with E-state index in [-0.39, 0.29) is 5.91 Å². The first kappa shape index (κ1) is 25.3. The third-order valence-electron chi connectivity index (χ3n) is 5.46. The van der Waals surface area contributed by atoms with Crippen molar-refractivity contribution in [2.24, 2.45) is 5.10 Å². The van der Waals surface area contributed by atoms with Crippen LogP contribution in [0.15, 0.2) is 102 Å². The summed E-state index contributed by atoms with van der Waals surface area (Å²) in [6.45, 7) is 0.303. The van der Waals surface area contributed by atoms with Crippen molar-refractivity contribution in [2.45, 2.75) is 12.5 Å². The van der Waals surface area contributed by atoms with Crippen molar-refractivity contribution in [1.29, 1.82) is 0 Å². The van der Waals surface area contributed by atoms with Gasteiger partial charge in [-0.3, -0.25) is 4.79 Å². The number of hydrogen-bond acceptors (Lipinski definition) is 4. The van der Waals surface area contributed by atoms with E-state index in [9.17, 15) is 4.79 Å². The standard InChI is InChI=1S/C29H24Cl2N2O3/c1-35-26-17-21(16-25(31)28(26)36-19-20-12-14-24(30)15-13-20)18-32-33-29(34)27(22-8-4-2-5-9-22)23-10-6-3-7-11-23/h2-18,27H,19H2,1H3,(H,33,34)/b32-18-. The Bertz CT molecular complexity index is 1290. The molecule has 0 atom stereocenters. The van der Waals surface area contributed by atoms with Crippen LogP contribution in [0.4, 0.5) is 0 Å². The fraction of sp³-hybridized carbons (Fsp3) is 0.103. The number of amides is 1. The summed E-state index contributed by atoms with van der Waals surface area (Å²) in [5.41, 5.74) is 6.00. The second-order valence-corrected chi connectivity index (χ2v) is 8.78. The second kappa shape index (κ2) is 12.2. The van der Waals surface area contributed by atoms with Gasteiger partial charge in [-0.2, -0.15) is 5.10 Å². The molecule has 0 aromatic heterocycles. The molecular formula is C29H24Cl2N2O3. The van der Waals surface area contributed by atoms with Gasteiger partial charge >= 0.3 is 0 Å². The van der Waals surface area contributed by atoms with Crippen LogP contribution in [0.3, 0.4) is 0 Å². The van der Waals surface area contributed by atoms with E-state index in [0.29, 0.717) is 33.7 Å². The first-order valence-electron chi connectivity index (χ1n) is 11.2. The van der Waals surface area contributed by atoms with E-state index >= 15 is 0 Å². The van der Waals surface area contributed by atoms with Gasteiger partial charge in [-0.25, -0.2) is 5.43 Å². The lowest BCUT2D eigenvalue weighted by Crippen LogP contribution is -2.26. The van der Waals surface area contributed by atoms with E-state index < -0.39 is 5.92 Å². The molecule has 0 spiro atoms. The predicted octanol–water partition coefficient (Wildman–Crippen LogP) is 6.86. The Morgan fingerprint density at radius 2 is 1.53 bits per heavy atom. The lowest BCUT2D eigenvalue weighted by Gasteiger charge is -2.16. The molecule has 0 unspecified atom stereocenters. The maximum Gasteiger partial charge on any atom is 0.252 e. The van der Waals surface area contributed by atoms with Gasteiger partial charge in [0.25, 0.3) is 5.91 Å². The van der Waals surface area contributed by atoms with E-state index in [1.807, 2.05) is 72.8 Å². The van der Waals surface area contributed by atoms with E-state index in [1.165, 1.54) is 13.3 Å². The van der Waals surface area contributed by atoms with Crippen LogP contribution < -0.4 is 14.9 Å². The highest BCUT2D eigenvalue weighted by Crippen LogP contribution is 2.36. The molecule has 7 heteroatoms. The third-order valence-corrected chi connectivity index (χ3v) is 6.00. The van der Waals surface area contributed by atoms with Crippen molar-refractivity contribution in [1.82, 2.24) is 5.43 Å². The number of nitrogens with one attached hydrogen (secondary N) is 1. The summed E-state index contributed by atoms with van der Waals surface area (Å²) in [6, 6.07) is 30.0. The van der Waals surface area contributed by atoms with Gasteiger partial charge in [0.2, 0.25) is 0 Å². The Hall–Kier alpha value is -3.80. The number of halogens is 2. The molecule has 0 radical (unpaired) electrons. The normalized spacial score (nSPS) is 11.0. The van der Waals surface area contributed by atoms with E-state index in [1.54, 1.807) is 24.3 Å². The zero-order valence-corrected chi connectivity index (χ0v) is 21.0. The first-order chi connectivity index (χ1) is 17.5. The number of benzene rings is 4. The number of hydrazone groups is 1. The minimum atomic E-state index is -0.494. The molecule has 0 aliphatic heterocycles. The molecule has 0 aliphatic carbocycles. The summed E-state index contributed by atoms with van der Waals surface area (Å²) in [6.07, 6.45) is 1.52. The zero-order chi connectivity index (χ0) is 25.3. The van der Waals surface area contributed by atoms with Crippen molar-refractivity contribution < 1.29 is 14.3 Å². The number of nitrogens with zero attached hydrogens (tertiary/aromatic N) is 1. The summed E-state index contributed by atoms with van der Waals surface area (Å²) in [7, 11) is 1.54. The van der Waals surface area contributed by atoms with Gasteiger partial charge in [-0.05, 0) is 46.5 Å². The monoisotopic (exact) mass is 518 g/mol. The number of ether oxygens (including phenoxy) is 2. The number of hydrogen-bond donors (Lipinski definition) is 1. The molecule has 0 fully saturated rings. The average molecular weight is 519 g/mol. The third kappa shape index (κ3) is 6.45. The van der Waals surface area contributed by atoms with Crippen LogP contribution in [-0.2, 0) is 11.4 Å². The van der Waals surface area contributed by atoms with Crippen LogP contribution in [0.1, 0.15) is 28.2 Å². The summed E-state index contributed by atoms with van der Waals surface area (Å²) < 4.78 is 11.4. The Labute approximate surface area is 220 Å². The Morgan fingerprint density at radius 1 is 0.917 bits per heavy atom. The fourth-order valence-corrected chi connectivity index (χ4v) is 4.11. The number of rotatable bonds is 9. The van der Waals surface area contributed by atoms with Crippen molar-refractivity contribution in [3.05, 3.63) is 129 Å². The Kier molecular flexibility index (Phi) is 8.61. The first-order valence-corrected chi connectivity index (χ1v) is 12.0. The van der Waals surface area contributed by atoms with E-state index in [4.69, 9.17) is 32.7 Å². The number of carbonyl (C=O) groups is 1. The van der Waals surface area contributed by atoms with Crippen LogP contribution in [0, 0.1) is 0 Å². The van der Waals surface area contributed by atoms with Crippen LogP contribution >= 0.6 is 23.2 Å². The maximum absolute atomic E-state index is 13.1. The van der Waals surface area contributed by atoms with Crippen LogP contribution in [0.2, 0.25) is 10.0 Å². The molecule has 1 amide bonds. The van der Waals surface area contributed by atoms with Crippen molar-refractivity contribution in [3.63, 3.8) is 0 Å². The predicted molar refractivity (Wildman–Crippen MR) is 144 cm³/mol. The molecule has 0 heterocycles. The zero-order valence-electron chi connectivity index (χ0n) is 19.5. The molecular weight excluding hydrogens is 495 g/mol. The molecule has 0 bridgehead atoms. The summed E-state index contributed by atoms with van der Waals surface area (Å²) in [5, 5.41) is 5.19. The highest BCUT2D eigenvalue weighted by atomic mass is 35.5. The molecule has 0 saturated heterocycles.